The van der Waals surface area contributed by atoms with E-state index in [0.29, 0.717) is 6.42 Å². The van der Waals surface area contributed by atoms with Crippen molar-refractivity contribution in [1.82, 2.24) is 16.1 Å². The van der Waals surface area contributed by atoms with Gasteiger partial charge in [-0.1, -0.05) is 32.6 Å². The van der Waals surface area contributed by atoms with Crippen LogP contribution < -0.4 is 21.8 Å². The Morgan fingerprint density at radius 1 is 1.47 bits per heavy atom. The van der Waals surface area contributed by atoms with Gasteiger partial charge in [0.25, 0.3) is 5.91 Å². The molecule has 19 heavy (non-hydrogen) atoms. The van der Waals surface area contributed by atoms with E-state index in [1.54, 1.807) is 0 Å². The number of rotatable bonds is 7. The van der Waals surface area contributed by atoms with Crippen molar-refractivity contribution in [2.75, 3.05) is 0 Å². The maximum absolute atomic E-state index is 11.9. The van der Waals surface area contributed by atoms with Gasteiger partial charge in [-0.2, -0.15) is 5.10 Å². The molecule has 0 aliphatic carbocycles. The topological polar surface area (TPSA) is 109 Å². The second kappa shape index (κ2) is 7.03. The van der Waals surface area contributed by atoms with Crippen LogP contribution in [0.1, 0.15) is 39.0 Å². The average Bonchev–Trinajstić information content (AvgIpc) is 2.60. The second-order valence-electron chi connectivity index (χ2n) is 4.42. The molecule has 1 heterocycles. The van der Waals surface area contributed by atoms with Crippen LogP contribution in [-0.2, 0) is 4.79 Å². The highest BCUT2D eigenvalue weighted by Crippen LogP contribution is 2.18. The van der Waals surface area contributed by atoms with Crippen molar-refractivity contribution in [3.8, 4) is 0 Å². The molecule has 0 saturated carbocycles. The number of carbonyl (C=O) groups is 2. The monoisotopic (exact) mass is 285 g/mol. The smallest absolute Gasteiger partial charge is 0.322 e. The molecule has 8 heteroatoms. The molecular weight excluding hydrogens is 266 g/mol. The first-order chi connectivity index (χ1) is 9.00. The first-order valence-electron chi connectivity index (χ1n) is 6.23. The van der Waals surface area contributed by atoms with E-state index >= 15 is 0 Å². The molecule has 0 aromatic heterocycles. The lowest BCUT2D eigenvalue weighted by Gasteiger charge is -2.20. The standard InChI is InChI=1S/C11H19N5O2S/c1-2-3-4-5-6-11(7-13-16-9(12)19)8(17)14-10(18)15-11/h7H,2-6H2,1H3,(H3,12,16,19)(H2,14,15,17,18). The molecule has 1 saturated heterocycles. The van der Waals surface area contributed by atoms with Crippen molar-refractivity contribution in [3.63, 3.8) is 0 Å². The van der Waals surface area contributed by atoms with E-state index in [1.165, 1.54) is 6.21 Å². The average molecular weight is 285 g/mol. The third-order valence-corrected chi connectivity index (χ3v) is 2.94. The SMILES string of the molecule is CCCCCCC1(C=NNC(N)=S)NC(=O)NC1=O. The summed E-state index contributed by atoms with van der Waals surface area (Å²) in [5, 5.41) is 8.60. The number of nitrogens with zero attached hydrogens (tertiary/aromatic N) is 1. The summed E-state index contributed by atoms with van der Waals surface area (Å²) in [4.78, 5) is 23.1. The van der Waals surface area contributed by atoms with Crippen LogP contribution in [0.4, 0.5) is 4.79 Å². The molecule has 1 aliphatic rings. The zero-order chi connectivity index (χ0) is 14.3. The molecule has 0 aromatic rings. The lowest BCUT2D eigenvalue weighted by molar-refractivity contribution is -0.121. The molecule has 0 aromatic carbocycles. The second-order valence-corrected chi connectivity index (χ2v) is 4.86. The zero-order valence-corrected chi connectivity index (χ0v) is 11.7. The number of nitrogens with two attached hydrogens (primary N) is 1. The molecule has 0 bridgehead atoms. The molecule has 1 unspecified atom stereocenters. The fraction of sp³-hybridized carbons (Fsp3) is 0.636. The molecule has 106 valence electrons. The lowest BCUT2D eigenvalue weighted by Crippen LogP contribution is -2.49. The molecule has 1 fully saturated rings. The molecule has 0 radical (unpaired) electrons. The predicted molar refractivity (Wildman–Crippen MR) is 76.6 cm³/mol. The molecule has 1 aliphatic heterocycles. The summed E-state index contributed by atoms with van der Waals surface area (Å²) < 4.78 is 0. The van der Waals surface area contributed by atoms with Gasteiger partial charge in [-0.3, -0.25) is 15.5 Å². The number of unbranched alkanes of at least 4 members (excludes halogenated alkanes) is 3. The Balaban J connectivity index is 2.68. The van der Waals surface area contributed by atoms with Gasteiger partial charge in [-0.15, -0.1) is 0 Å². The van der Waals surface area contributed by atoms with Crippen molar-refractivity contribution in [2.24, 2.45) is 10.8 Å². The van der Waals surface area contributed by atoms with Crippen LogP contribution in [0.5, 0.6) is 0 Å². The van der Waals surface area contributed by atoms with E-state index in [9.17, 15) is 9.59 Å². The lowest BCUT2D eigenvalue weighted by atomic mass is 9.93. The normalized spacial score (nSPS) is 22.4. The summed E-state index contributed by atoms with van der Waals surface area (Å²) in [6.45, 7) is 2.10. The quantitative estimate of drug-likeness (QED) is 0.177. The Bertz CT molecular complexity index is 399. The van der Waals surface area contributed by atoms with Crippen molar-refractivity contribution in [2.45, 2.75) is 44.6 Å². The van der Waals surface area contributed by atoms with E-state index < -0.39 is 17.5 Å². The summed E-state index contributed by atoms with van der Waals surface area (Å²) in [5.41, 5.74) is 6.51. The van der Waals surface area contributed by atoms with Crippen molar-refractivity contribution in [1.29, 1.82) is 0 Å². The number of hydrogen-bond donors (Lipinski definition) is 4. The maximum Gasteiger partial charge on any atom is 0.322 e. The number of carbonyl (C=O) groups excluding carboxylic acids is 2. The third kappa shape index (κ3) is 4.47. The number of imide groups is 1. The Hall–Kier alpha value is -1.70. The summed E-state index contributed by atoms with van der Waals surface area (Å²) in [5.74, 6) is -0.400. The predicted octanol–water partition coefficient (Wildman–Crippen LogP) is 0.354. The molecule has 1 rings (SSSR count). The number of urea groups is 1. The van der Waals surface area contributed by atoms with E-state index in [1.807, 2.05) is 0 Å². The maximum atomic E-state index is 11.9. The Labute approximate surface area is 117 Å². The van der Waals surface area contributed by atoms with Gasteiger partial charge in [-0.05, 0) is 18.6 Å². The Morgan fingerprint density at radius 3 is 2.74 bits per heavy atom. The first-order valence-corrected chi connectivity index (χ1v) is 6.64. The molecular formula is C11H19N5O2S. The highest BCUT2D eigenvalue weighted by molar-refractivity contribution is 7.80. The molecule has 0 spiro atoms. The number of thiocarbonyl (C=S) groups is 1. The minimum atomic E-state index is -1.11. The van der Waals surface area contributed by atoms with Crippen LogP contribution in [0.3, 0.4) is 0 Å². The minimum Gasteiger partial charge on any atom is -0.375 e. The molecule has 1 atom stereocenters. The van der Waals surface area contributed by atoms with Crippen LogP contribution in [0.25, 0.3) is 0 Å². The molecule has 3 amide bonds. The number of hydrazone groups is 1. The Kier molecular flexibility index (Phi) is 5.68. The van der Waals surface area contributed by atoms with E-state index in [0.717, 1.165) is 25.7 Å². The number of hydrogen-bond acceptors (Lipinski definition) is 4. The minimum absolute atomic E-state index is 0.00196. The fourth-order valence-electron chi connectivity index (χ4n) is 1.87. The van der Waals surface area contributed by atoms with Crippen LogP contribution >= 0.6 is 12.2 Å². The van der Waals surface area contributed by atoms with Crippen LogP contribution in [0, 0.1) is 0 Å². The largest absolute Gasteiger partial charge is 0.375 e. The summed E-state index contributed by atoms with van der Waals surface area (Å²) >= 11 is 4.61. The summed E-state index contributed by atoms with van der Waals surface area (Å²) in [7, 11) is 0. The van der Waals surface area contributed by atoms with Gasteiger partial charge in [0, 0.05) is 0 Å². The van der Waals surface area contributed by atoms with Crippen LogP contribution in [0.15, 0.2) is 5.10 Å². The van der Waals surface area contributed by atoms with Crippen molar-refractivity contribution >= 4 is 35.5 Å². The highest BCUT2D eigenvalue weighted by Gasteiger charge is 2.44. The van der Waals surface area contributed by atoms with Crippen LogP contribution in [0.2, 0.25) is 0 Å². The number of nitrogens with one attached hydrogen (secondary N) is 3. The van der Waals surface area contributed by atoms with E-state index in [4.69, 9.17) is 5.73 Å². The molecule has 7 nitrogen and oxygen atoms in total. The van der Waals surface area contributed by atoms with Gasteiger partial charge in [0.2, 0.25) is 0 Å². The molecule has 5 N–H and O–H groups in total. The van der Waals surface area contributed by atoms with Crippen LogP contribution in [-0.4, -0.2) is 28.8 Å². The first kappa shape index (κ1) is 15.4. The van der Waals surface area contributed by atoms with Gasteiger partial charge in [-0.25, -0.2) is 4.79 Å². The Morgan fingerprint density at radius 2 is 2.21 bits per heavy atom. The van der Waals surface area contributed by atoms with Gasteiger partial charge >= 0.3 is 6.03 Å². The van der Waals surface area contributed by atoms with Crippen molar-refractivity contribution in [3.05, 3.63) is 0 Å². The van der Waals surface area contributed by atoms with E-state index in [-0.39, 0.29) is 5.11 Å². The van der Waals surface area contributed by atoms with Gasteiger partial charge < -0.3 is 11.1 Å². The summed E-state index contributed by atoms with van der Waals surface area (Å²) in [6, 6.07) is -0.512. The number of amides is 3. The zero-order valence-electron chi connectivity index (χ0n) is 10.9. The van der Waals surface area contributed by atoms with Crippen molar-refractivity contribution < 1.29 is 9.59 Å². The van der Waals surface area contributed by atoms with Gasteiger partial charge in [0.1, 0.15) is 0 Å². The fourth-order valence-corrected chi connectivity index (χ4v) is 1.93. The third-order valence-electron chi connectivity index (χ3n) is 2.85. The highest BCUT2D eigenvalue weighted by atomic mass is 32.1. The van der Waals surface area contributed by atoms with Gasteiger partial charge in [0.05, 0.1) is 6.21 Å². The summed E-state index contributed by atoms with van der Waals surface area (Å²) in [6.07, 6.45) is 5.85. The van der Waals surface area contributed by atoms with Gasteiger partial charge in [0.15, 0.2) is 10.7 Å². The van der Waals surface area contributed by atoms with E-state index in [2.05, 4.69) is 40.3 Å².